The van der Waals surface area contributed by atoms with Crippen LogP contribution >= 0.6 is 0 Å². The van der Waals surface area contributed by atoms with E-state index in [0.717, 1.165) is 0 Å². The van der Waals surface area contributed by atoms with Gasteiger partial charge in [0.2, 0.25) is 0 Å². The Morgan fingerprint density at radius 2 is 2.18 bits per heavy atom. The van der Waals surface area contributed by atoms with Crippen LogP contribution in [-0.4, -0.2) is 55.6 Å². The highest BCUT2D eigenvalue weighted by atomic mass is 16.8. The molecule has 9 nitrogen and oxygen atoms in total. The first-order valence-electron chi connectivity index (χ1n) is 7.02. The van der Waals surface area contributed by atoms with E-state index in [1.54, 1.807) is 18.4 Å². The molecule has 0 radical (unpaired) electrons. The molecule has 2 aromatic heterocycles. The van der Waals surface area contributed by atoms with Gasteiger partial charge in [0.15, 0.2) is 12.0 Å². The predicted molar refractivity (Wildman–Crippen MR) is 73.0 cm³/mol. The second-order valence-electron chi connectivity index (χ2n) is 5.90. The highest BCUT2D eigenvalue weighted by Crippen LogP contribution is 2.43. The maximum absolute atomic E-state index is 12.0. The van der Waals surface area contributed by atoms with Crippen LogP contribution in [0.3, 0.4) is 0 Å². The van der Waals surface area contributed by atoms with Crippen LogP contribution in [-0.2, 0) is 14.2 Å². The molecule has 2 aromatic rings. The van der Waals surface area contributed by atoms with E-state index in [0.29, 0.717) is 11.0 Å². The molecule has 4 rings (SSSR count). The van der Waals surface area contributed by atoms with Crippen LogP contribution in [0, 0.1) is 0 Å². The molecule has 2 saturated heterocycles. The Bertz CT molecular complexity index is 769. The number of ether oxygens (including phenoxy) is 3. The lowest BCUT2D eigenvalue weighted by Gasteiger charge is -2.24. The van der Waals surface area contributed by atoms with Crippen molar-refractivity contribution >= 4 is 11.0 Å². The van der Waals surface area contributed by atoms with Crippen molar-refractivity contribution in [2.24, 2.45) is 0 Å². The SMILES string of the molecule is CC1(C)O[C@@H]2[C@H](O1)[C@@H](CO)O[C@H]2n1cnc2cn[nH]c(=O)c21. The number of nitrogens with one attached hydrogen (secondary N) is 1. The third-order valence-electron chi connectivity index (χ3n) is 3.97. The van der Waals surface area contributed by atoms with Gasteiger partial charge in [0.05, 0.1) is 19.1 Å². The van der Waals surface area contributed by atoms with Gasteiger partial charge in [-0.1, -0.05) is 0 Å². The summed E-state index contributed by atoms with van der Waals surface area (Å²) in [6, 6.07) is 0. The number of aliphatic hydroxyl groups is 1. The number of aliphatic hydroxyl groups excluding tert-OH is 1. The van der Waals surface area contributed by atoms with Gasteiger partial charge in [-0.25, -0.2) is 10.1 Å². The van der Waals surface area contributed by atoms with Crippen molar-refractivity contribution in [3.63, 3.8) is 0 Å². The minimum absolute atomic E-state index is 0.193. The third kappa shape index (κ3) is 1.90. The monoisotopic (exact) mass is 308 g/mol. The zero-order valence-electron chi connectivity index (χ0n) is 12.1. The lowest BCUT2D eigenvalue weighted by molar-refractivity contribution is -0.199. The molecule has 118 valence electrons. The van der Waals surface area contributed by atoms with Crippen LogP contribution in [0.25, 0.3) is 11.0 Å². The summed E-state index contributed by atoms with van der Waals surface area (Å²) in [5, 5.41) is 15.6. The normalized spacial score (nSPS) is 33.4. The number of fused-ring (bicyclic) bond motifs is 2. The molecule has 9 heteroatoms. The first-order chi connectivity index (χ1) is 10.5. The second-order valence-corrected chi connectivity index (χ2v) is 5.90. The Balaban J connectivity index is 1.80. The fourth-order valence-corrected chi connectivity index (χ4v) is 3.13. The minimum Gasteiger partial charge on any atom is -0.394 e. The molecule has 2 aliphatic rings. The van der Waals surface area contributed by atoms with Crippen LogP contribution in [0.4, 0.5) is 0 Å². The van der Waals surface area contributed by atoms with E-state index >= 15 is 0 Å². The Hall–Kier alpha value is -1.81. The molecule has 0 amide bonds. The summed E-state index contributed by atoms with van der Waals surface area (Å²) < 4.78 is 19.1. The summed E-state index contributed by atoms with van der Waals surface area (Å²) in [6.45, 7) is 3.42. The van der Waals surface area contributed by atoms with Crippen LogP contribution in [0.2, 0.25) is 0 Å². The van der Waals surface area contributed by atoms with E-state index in [-0.39, 0.29) is 12.2 Å². The highest BCUT2D eigenvalue weighted by Gasteiger charge is 2.55. The summed E-state index contributed by atoms with van der Waals surface area (Å²) in [6.07, 6.45) is 1.03. The van der Waals surface area contributed by atoms with Gasteiger partial charge >= 0.3 is 0 Å². The summed E-state index contributed by atoms with van der Waals surface area (Å²) in [5.41, 5.74) is 0.459. The average Bonchev–Trinajstić information content (AvgIpc) is 3.10. The number of aromatic amines is 1. The number of nitrogens with zero attached hydrogens (tertiary/aromatic N) is 3. The lowest BCUT2D eigenvalue weighted by atomic mass is 10.1. The summed E-state index contributed by atoms with van der Waals surface area (Å²) in [4.78, 5) is 16.2. The molecule has 0 bridgehead atoms. The van der Waals surface area contributed by atoms with Crippen LogP contribution in [0.5, 0.6) is 0 Å². The summed E-state index contributed by atoms with van der Waals surface area (Å²) >= 11 is 0. The fourth-order valence-electron chi connectivity index (χ4n) is 3.13. The third-order valence-corrected chi connectivity index (χ3v) is 3.97. The molecule has 0 aromatic carbocycles. The van der Waals surface area contributed by atoms with Crippen molar-refractivity contribution in [3.8, 4) is 0 Å². The number of hydrogen-bond donors (Lipinski definition) is 2. The number of hydrogen-bond acceptors (Lipinski definition) is 7. The van der Waals surface area contributed by atoms with Crippen molar-refractivity contribution in [2.45, 2.75) is 44.2 Å². The summed E-state index contributed by atoms with van der Waals surface area (Å²) in [7, 11) is 0. The molecular weight excluding hydrogens is 292 g/mol. The van der Waals surface area contributed by atoms with Gasteiger partial charge in [-0.3, -0.25) is 9.36 Å². The molecule has 0 saturated carbocycles. The molecule has 0 unspecified atom stereocenters. The maximum atomic E-state index is 12.0. The van der Waals surface area contributed by atoms with Gasteiger partial charge < -0.3 is 19.3 Å². The first kappa shape index (κ1) is 13.8. The fraction of sp³-hybridized carbons (Fsp3) is 0.615. The lowest BCUT2D eigenvalue weighted by Crippen LogP contribution is -2.31. The van der Waals surface area contributed by atoms with E-state index in [1.807, 2.05) is 0 Å². The van der Waals surface area contributed by atoms with Gasteiger partial charge in [-0.15, -0.1) is 0 Å². The van der Waals surface area contributed by atoms with E-state index in [2.05, 4.69) is 15.2 Å². The van der Waals surface area contributed by atoms with Gasteiger partial charge in [0.25, 0.3) is 5.56 Å². The van der Waals surface area contributed by atoms with Crippen molar-refractivity contribution in [1.29, 1.82) is 0 Å². The number of imidazole rings is 1. The smallest absolute Gasteiger partial charge is 0.290 e. The van der Waals surface area contributed by atoms with Gasteiger partial charge in [-0.2, -0.15) is 5.10 Å². The number of aromatic nitrogens is 4. The first-order valence-corrected chi connectivity index (χ1v) is 7.02. The maximum Gasteiger partial charge on any atom is 0.290 e. The molecular formula is C13H16N4O5. The van der Waals surface area contributed by atoms with E-state index in [4.69, 9.17) is 14.2 Å². The average molecular weight is 308 g/mol. The largest absolute Gasteiger partial charge is 0.394 e. The van der Waals surface area contributed by atoms with Crippen molar-refractivity contribution in [3.05, 3.63) is 22.9 Å². The Kier molecular flexibility index (Phi) is 2.89. The number of rotatable bonds is 2. The van der Waals surface area contributed by atoms with E-state index in [1.165, 1.54) is 12.5 Å². The quantitative estimate of drug-likeness (QED) is 0.771. The molecule has 2 N–H and O–H groups in total. The molecule has 0 aliphatic carbocycles. The molecule has 4 atom stereocenters. The molecule has 0 spiro atoms. The van der Waals surface area contributed by atoms with Crippen molar-refractivity contribution in [1.82, 2.24) is 19.7 Å². The Morgan fingerprint density at radius 1 is 1.41 bits per heavy atom. The highest BCUT2D eigenvalue weighted by molar-refractivity contribution is 5.72. The molecule has 2 aliphatic heterocycles. The van der Waals surface area contributed by atoms with Crippen LogP contribution < -0.4 is 5.56 Å². The van der Waals surface area contributed by atoms with Gasteiger partial charge in [-0.05, 0) is 13.8 Å². The van der Waals surface area contributed by atoms with Gasteiger partial charge in [0.1, 0.15) is 29.3 Å². The van der Waals surface area contributed by atoms with Crippen molar-refractivity contribution in [2.75, 3.05) is 6.61 Å². The zero-order chi connectivity index (χ0) is 15.5. The van der Waals surface area contributed by atoms with Crippen molar-refractivity contribution < 1.29 is 19.3 Å². The van der Waals surface area contributed by atoms with Crippen LogP contribution in [0.15, 0.2) is 17.3 Å². The Labute approximate surface area is 124 Å². The number of H-pyrrole nitrogens is 1. The molecule has 22 heavy (non-hydrogen) atoms. The minimum atomic E-state index is -0.769. The topological polar surface area (TPSA) is 111 Å². The van der Waals surface area contributed by atoms with E-state index in [9.17, 15) is 9.90 Å². The summed E-state index contributed by atoms with van der Waals surface area (Å²) in [5.74, 6) is -0.769. The molecule has 4 heterocycles. The Morgan fingerprint density at radius 3 is 2.95 bits per heavy atom. The zero-order valence-corrected chi connectivity index (χ0v) is 12.1. The molecule has 2 fully saturated rings. The standard InChI is InChI=1S/C13H16N4O5/c1-13(2)21-9-7(4-18)20-12(10(9)22-13)17-5-14-6-3-15-16-11(19)8(6)17/h3,5,7,9-10,12,18H,4H2,1-2H3,(H,16,19)/t7-,9-,10-,12-/m1/s1. The van der Waals surface area contributed by atoms with Crippen LogP contribution in [0.1, 0.15) is 20.1 Å². The van der Waals surface area contributed by atoms with E-state index < -0.39 is 30.3 Å². The van der Waals surface area contributed by atoms with Gasteiger partial charge in [0, 0.05) is 0 Å². The second kappa shape index (κ2) is 4.59. The predicted octanol–water partition coefficient (Wildman–Crippen LogP) is -0.471.